The van der Waals surface area contributed by atoms with Crippen LogP contribution < -0.4 is 0 Å². The van der Waals surface area contributed by atoms with Crippen molar-refractivity contribution in [2.45, 2.75) is 61.2 Å². The first-order valence-corrected chi connectivity index (χ1v) is 10.9. The van der Waals surface area contributed by atoms with Crippen LogP contribution in [0.2, 0.25) is 0 Å². The van der Waals surface area contributed by atoms with Gasteiger partial charge < -0.3 is 9.84 Å². The van der Waals surface area contributed by atoms with E-state index in [0.29, 0.717) is 28.3 Å². The van der Waals surface area contributed by atoms with Crippen molar-refractivity contribution >= 4 is 37.8 Å². The molecule has 5 heteroatoms. The van der Waals surface area contributed by atoms with Crippen molar-refractivity contribution in [3.63, 3.8) is 0 Å². The van der Waals surface area contributed by atoms with Gasteiger partial charge >= 0.3 is 5.97 Å². The molecule has 0 bridgehead atoms. The summed E-state index contributed by atoms with van der Waals surface area (Å²) in [6, 6.07) is 5.83. The highest BCUT2D eigenvalue weighted by Gasteiger charge is 2.59. The topological polar surface area (TPSA) is 46.5 Å². The third-order valence-electron chi connectivity index (χ3n) is 6.97. The Morgan fingerprint density at radius 2 is 2.00 bits per heavy atom. The van der Waals surface area contributed by atoms with Gasteiger partial charge in [-0.3, -0.25) is 4.79 Å². The van der Waals surface area contributed by atoms with E-state index in [9.17, 15) is 9.90 Å². The maximum atomic E-state index is 11.5. The summed E-state index contributed by atoms with van der Waals surface area (Å²) >= 11 is 7.86. The van der Waals surface area contributed by atoms with Gasteiger partial charge in [-0.05, 0) is 66.7 Å². The van der Waals surface area contributed by atoms with Crippen LogP contribution in [0, 0.1) is 17.3 Å². The Kier molecular flexibility index (Phi) is 4.47. The lowest BCUT2D eigenvalue weighted by Gasteiger charge is -2.53. The van der Waals surface area contributed by atoms with Crippen LogP contribution in [0.1, 0.15) is 61.4 Å². The highest BCUT2D eigenvalue weighted by molar-refractivity contribution is 9.12. The van der Waals surface area contributed by atoms with Crippen LogP contribution in [0.15, 0.2) is 18.2 Å². The number of phenolic OH excluding ortho intramolecular Hbond substituents is 1. The lowest BCUT2D eigenvalue weighted by atomic mass is 9.55. The Bertz CT molecular complexity index is 706. The molecule has 1 aromatic carbocycles. The van der Waals surface area contributed by atoms with Crippen molar-refractivity contribution in [2.24, 2.45) is 17.3 Å². The molecule has 0 radical (unpaired) electrons. The Balaban J connectivity index is 1.72. The molecule has 25 heavy (non-hydrogen) atoms. The van der Waals surface area contributed by atoms with Crippen LogP contribution >= 0.6 is 31.9 Å². The van der Waals surface area contributed by atoms with Gasteiger partial charge in [0, 0.05) is 17.2 Å². The average Bonchev–Trinajstić information content (AvgIpc) is 2.88. The Labute approximate surface area is 165 Å². The minimum Gasteiger partial charge on any atom is -0.508 e. The van der Waals surface area contributed by atoms with Gasteiger partial charge in [0.05, 0.1) is 4.83 Å². The smallest absolute Gasteiger partial charge is 0.302 e. The van der Waals surface area contributed by atoms with Gasteiger partial charge in [-0.15, -0.1) is 0 Å². The minimum atomic E-state index is -0.160. The molecule has 0 spiro atoms. The fraction of sp³-hybridized carbons (Fsp3) is 0.650. The van der Waals surface area contributed by atoms with E-state index in [1.165, 1.54) is 18.1 Å². The Morgan fingerprint density at radius 1 is 1.24 bits per heavy atom. The maximum Gasteiger partial charge on any atom is 0.302 e. The fourth-order valence-corrected chi connectivity index (χ4v) is 7.62. The minimum absolute atomic E-state index is 0.0469. The van der Waals surface area contributed by atoms with Crippen molar-refractivity contribution in [3.8, 4) is 5.75 Å². The van der Waals surface area contributed by atoms with Crippen molar-refractivity contribution in [3.05, 3.63) is 29.3 Å². The molecule has 2 fully saturated rings. The molecule has 136 valence electrons. The van der Waals surface area contributed by atoms with Gasteiger partial charge in [0.15, 0.2) is 0 Å². The number of halogens is 2. The van der Waals surface area contributed by atoms with Crippen molar-refractivity contribution in [1.82, 2.24) is 0 Å². The molecule has 7 atom stereocenters. The quantitative estimate of drug-likeness (QED) is 0.437. The molecule has 0 saturated heterocycles. The summed E-state index contributed by atoms with van der Waals surface area (Å²) < 4.78 is 5.71. The summed E-state index contributed by atoms with van der Waals surface area (Å²) in [4.78, 5) is 12.0. The molecule has 1 aromatic rings. The summed E-state index contributed by atoms with van der Waals surface area (Å²) in [6.07, 6.45) is 4.33. The highest BCUT2D eigenvalue weighted by atomic mass is 79.9. The summed E-state index contributed by atoms with van der Waals surface area (Å²) in [7, 11) is 0. The third-order valence-corrected chi connectivity index (χ3v) is 9.88. The standard InChI is InChI=1S/C20H24Br2O3/c1-10(23)25-16-6-5-15-17-13(7-8-20(15,16)2)12-4-3-11(24)9-14(12)18(21)19(17)22/h3-4,9,13,15-19,24H,5-8H2,1-2H3/t13-,15+,16+,17-,18?,19?,20+/m1/s1. The van der Waals surface area contributed by atoms with E-state index >= 15 is 0 Å². The lowest BCUT2D eigenvalue weighted by molar-refractivity contribution is -0.154. The number of aromatic hydroxyl groups is 1. The molecule has 2 unspecified atom stereocenters. The van der Waals surface area contributed by atoms with Gasteiger partial charge in [-0.1, -0.05) is 44.8 Å². The van der Waals surface area contributed by atoms with Gasteiger partial charge in [-0.25, -0.2) is 0 Å². The predicted molar refractivity (Wildman–Crippen MR) is 104 cm³/mol. The summed E-state index contributed by atoms with van der Waals surface area (Å²) in [6.45, 7) is 3.84. The second-order valence-electron chi connectivity index (χ2n) is 8.17. The van der Waals surface area contributed by atoms with Crippen molar-refractivity contribution in [2.75, 3.05) is 0 Å². The van der Waals surface area contributed by atoms with Crippen molar-refractivity contribution in [1.29, 1.82) is 0 Å². The highest BCUT2D eigenvalue weighted by Crippen LogP contribution is 2.64. The van der Waals surface area contributed by atoms with Gasteiger partial charge in [-0.2, -0.15) is 0 Å². The second kappa shape index (κ2) is 6.26. The van der Waals surface area contributed by atoms with Gasteiger partial charge in [0.1, 0.15) is 11.9 Å². The van der Waals surface area contributed by atoms with Crippen LogP contribution in [0.4, 0.5) is 0 Å². The molecule has 3 nitrogen and oxygen atoms in total. The average molecular weight is 472 g/mol. The van der Waals surface area contributed by atoms with E-state index in [4.69, 9.17) is 4.74 Å². The molecule has 0 aliphatic heterocycles. The number of benzene rings is 1. The van der Waals surface area contributed by atoms with E-state index in [2.05, 4.69) is 44.8 Å². The predicted octanol–water partition coefficient (Wildman–Crippen LogP) is 5.45. The van der Waals surface area contributed by atoms with E-state index in [1.54, 1.807) is 0 Å². The lowest BCUT2D eigenvalue weighted by Crippen LogP contribution is -2.48. The largest absolute Gasteiger partial charge is 0.508 e. The second-order valence-corrected chi connectivity index (χ2v) is 10.2. The fourth-order valence-electron chi connectivity index (χ4n) is 5.85. The zero-order chi connectivity index (χ0) is 17.9. The summed E-state index contributed by atoms with van der Waals surface area (Å²) in [5.41, 5.74) is 2.65. The van der Waals surface area contributed by atoms with Crippen LogP contribution in [-0.4, -0.2) is 22.0 Å². The van der Waals surface area contributed by atoms with Gasteiger partial charge in [0.25, 0.3) is 0 Å². The van der Waals surface area contributed by atoms with Crippen LogP contribution in [-0.2, 0) is 9.53 Å². The molecule has 0 amide bonds. The van der Waals surface area contributed by atoms with E-state index < -0.39 is 0 Å². The molecule has 1 N–H and O–H groups in total. The van der Waals surface area contributed by atoms with Crippen LogP contribution in [0.3, 0.4) is 0 Å². The Hall–Kier alpha value is -0.550. The Morgan fingerprint density at radius 3 is 2.72 bits per heavy atom. The first kappa shape index (κ1) is 17.8. The molecule has 3 aliphatic rings. The number of hydrogen-bond donors (Lipinski definition) is 1. The molecule has 0 aromatic heterocycles. The molecule has 3 aliphatic carbocycles. The van der Waals surface area contributed by atoms with Crippen LogP contribution in [0.5, 0.6) is 5.75 Å². The first-order chi connectivity index (χ1) is 11.8. The number of hydrogen-bond acceptors (Lipinski definition) is 3. The zero-order valence-corrected chi connectivity index (χ0v) is 17.7. The normalized spacial score (nSPS) is 42.2. The monoisotopic (exact) mass is 470 g/mol. The number of fused-ring (bicyclic) bond motifs is 5. The first-order valence-electron chi connectivity index (χ1n) is 9.11. The number of carbonyl (C=O) groups excluding carboxylic acids is 1. The molecular weight excluding hydrogens is 448 g/mol. The SMILES string of the molecule is CC(=O)O[C@H]1CC[C@H]2[C@@H]3C(Br)C(Br)c4cc(O)ccc4[C@H]3CC[C@]12C. The summed E-state index contributed by atoms with van der Waals surface area (Å²) in [5.74, 6) is 1.73. The number of alkyl halides is 2. The van der Waals surface area contributed by atoms with Crippen molar-refractivity contribution < 1.29 is 14.6 Å². The number of ether oxygens (including phenoxy) is 1. The zero-order valence-electron chi connectivity index (χ0n) is 14.5. The molecule has 0 heterocycles. The van der Waals surface area contributed by atoms with E-state index in [0.717, 1.165) is 25.7 Å². The number of rotatable bonds is 1. The van der Waals surface area contributed by atoms with E-state index in [-0.39, 0.29) is 22.3 Å². The number of esters is 1. The third kappa shape index (κ3) is 2.68. The number of phenols is 1. The number of carbonyl (C=O) groups is 1. The maximum absolute atomic E-state index is 11.5. The molecular formula is C20H24Br2O3. The molecule has 4 rings (SSSR count). The summed E-state index contributed by atoms with van der Waals surface area (Å²) in [5, 5.41) is 9.91. The van der Waals surface area contributed by atoms with E-state index in [1.807, 2.05) is 12.1 Å². The van der Waals surface area contributed by atoms with Gasteiger partial charge in [0.2, 0.25) is 0 Å². The molecule has 2 saturated carbocycles. The van der Waals surface area contributed by atoms with Crippen LogP contribution in [0.25, 0.3) is 0 Å².